The number of aromatic nitrogens is 6. The molecule has 362 valence electrons. The number of nitrogens with zero attached hydrogens (tertiary/aromatic N) is 4. The number of aromatic amines is 2. The fraction of sp³-hybridized carbons (Fsp3) is 0.636. The number of H-pyrrole nitrogens is 2. The first-order valence-electron chi connectivity index (χ1n) is 19.5. The van der Waals surface area contributed by atoms with E-state index >= 15 is 0 Å². The smallest absolute Gasteiger partial charge is 0.383 e. The zero-order valence-electron chi connectivity index (χ0n) is 34.9. The second-order valence-electron chi connectivity index (χ2n) is 15.0. The van der Waals surface area contributed by atoms with E-state index in [1.807, 2.05) is 0 Å². The third kappa shape index (κ3) is 13.3. The van der Waals surface area contributed by atoms with Gasteiger partial charge in [0.2, 0.25) is 0 Å². The van der Waals surface area contributed by atoms with Gasteiger partial charge in [0.25, 0.3) is 11.1 Å². The van der Waals surface area contributed by atoms with E-state index in [2.05, 4.69) is 39.0 Å². The van der Waals surface area contributed by atoms with Crippen LogP contribution in [0.5, 0.6) is 0 Å². The molecular weight excluding hydrogens is 988 g/mol. The maximum Gasteiger partial charge on any atom is 0.386 e. The van der Waals surface area contributed by atoms with Crippen molar-refractivity contribution in [3.63, 3.8) is 0 Å². The molecule has 3 unspecified atom stereocenters. The molecule has 6 rings (SSSR count). The number of thiol groups is 1. The molecule has 0 bridgehead atoms. The number of nitrogens with one attached hydrogen (secondary N) is 2. The Morgan fingerprint density at radius 3 is 2.05 bits per heavy atom. The van der Waals surface area contributed by atoms with Gasteiger partial charge in [-0.1, -0.05) is 12.2 Å². The van der Waals surface area contributed by atoms with Gasteiger partial charge in [-0.2, -0.15) is 4.98 Å². The summed E-state index contributed by atoms with van der Waals surface area (Å²) in [6, 6.07) is 0. The number of ether oxygens (including phenoxy) is 5. The lowest BCUT2D eigenvalue weighted by molar-refractivity contribution is -0.0813. The van der Waals surface area contributed by atoms with Crippen LogP contribution in [0.2, 0.25) is 0 Å². The average molecular weight is 1040 g/mol. The van der Waals surface area contributed by atoms with Gasteiger partial charge in [0, 0.05) is 48.8 Å². The standard InChI is InChI=1S/C33H48N7O19P3S3/c1-16-10-40(31(43)35-27(16)34)30-26(51-8-7-50-4)25(22(57-30)15-52-60(46,47)63)59-62(49,65)54-14-21-20(9-24(56-21)39-12-18(3)29(42)37-33(39)45)58-61(48,64)53-13-19-5-6-23(55-19)38-11-17(2)28(41)36-32(38)44/h10-12,19-26,30H,5-9,13-15H2,1-4H3,(H,48,64)(H,49,65)(H2,34,35,43)(H,36,41,44)(H,37,42,45)(H2,46,47,63)/t19-,20+,21+,22+,23-,24+,25?,26-,30+,61?,62?/m0/s1. The number of nitrogens with two attached hydrogens (primary N) is 1. The fourth-order valence-corrected chi connectivity index (χ4v) is 10.6. The first kappa shape index (κ1) is 51.8. The largest absolute Gasteiger partial charge is 0.386 e. The van der Waals surface area contributed by atoms with Crippen molar-refractivity contribution >= 4 is 61.9 Å². The lowest BCUT2D eigenvalue weighted by Crippen LogP contribution is -2.40. The molecule has 3 fully saturated rings. The summed E-state index contributed by atoms with van der Waals surface area (Å²) in [5.74, 6) is -0.0522. The van der Waals surface area contributed by atoms with E-state index in [1.54, 1.807) is 6.92 Å². The molecule has 0 radical (unpaired) electrons. The Morgan fingerprint density at radius 2 is 1.42 bits per heavy atom. The molecule has 3 saturated heterocycles. The van der Waals surface area contributed by atoms with Crippen LogP contribution in [0.1, 0.15) is 54.6 Å². The van der Waals surface area contributed by atoms with E-state index in [0.29, 0.717) is 24.0 Å². The molecule has 26 nitrogen and oxygen atoms in total. The van der Waals surface area contributed by atoms with Gasteiger partial charge in [0.15, 0.2) is 6.23 Å². The molecule has 3 aliphatic heterocycles. The lowest BCUT2D eigenvalue weighted by Gasteiger charge is -2.29. The molecule has 0 amide bonds. The van der Waals surface area contributed by atoms with Gasteiger partial charge in [-0.25, -0.2) is 18.9 Å². The lowest BCUT2D eigenvalue weighted by atomic mass is 10.1. The molecule has 6 heterocycles. The number of hydrogen-bond acceptors (Lipinski definition) is 20. The molecule has 0 saturated carbocycles. The average Bonchev–Trinajstić information content (AvgIpc) is 3.94. The number of aryl methyl sites for hydroxylation is 3. The minimum absolute atomic E-state index is 0.0487. The number of methoxy groups -OCH3 is 1. The highest BCUT2D eigenvalue weighted by Gasteiger charge is 2.51. The quantitative estimate of drug-likeness (QED) is 0.0446. The topological polar surface area (TPSA) is 341 Å². The highest BCUT2D eigenvalue weighted by atomic mass is 32.7. The van der Waals surface area contributed by atoms with Gasteiger partial charge in [-0.05, 0) is 57.2 Å². The normalized spacial score (nSPS) is 27.8. The third-order valence-corrected chi connectivity index (χ3v) is 14.3. The van der Waals surface area contributed by atoms with Crippen LogP contribution in [0.15, 0.2) is 42.6 Å². The van der Waals surface area contributed by atoms with Gasteiger partial charge < -0.3 is 53.1 Å². The van der Waals surface area contributed by atoms with Crippen LogP contribution in [0, 0.1) is 20.8 Å². The van der Waals surface area contributed by atoms with Gasteiger partial charge >= 0.3 is 37.3 Å². The zero-order valence-corrected chi connectivity index (χ0v) is 40.1. The van der Waals surface area contributed by atoms with E-state index in [4.69, 9.17) is 63.8 Å². The van der Waals surface area contributed by atoms with Crippen LogP contribution in [-0.4, -0.2) is 120 Å². The summed E-state index contributed by atoms with van der Waals surface area (Å²) < 4.78 is 74.7. The maximum absolute atomic E-state index is 13.8. The van der Waals surface area contributed by atoms with E-state index in [9.17, 15) is 43.2 Å². The Bertz CT molecular complexity index is 2660. The van der Waals surface area contributed by atoms with Crippen LogP contribution in [0.25, 0.3) is 0 Å². The van der Waals surface area contributed by atoms with Crippen molar-refractivity contribution in [3.05, 3.63) is 87.4 Å². The fourth-order valence-electron chi connectivity index (χ4n) is 7.05. The van der Waals surface area contributed by atoms with Crippen LogP contribution < -0.4 is 33.9 Å². The van der Waals surface area contributed by atoms with Crippen LogP contribution in [0.3, 0.4) is 0 Å². The van der Waals surface area contributed by atoms with E-state index in [-0.39, 0.29) is 37.6 Å². The molecule has 11 atom stereocenters. The van der Waals surface area contributed by atoms with Crippen molar-refractivity contribution in [1.82, 2.24) is 28.7 Å². The number of nitrogen functional groups attached to an aromatic ring is 1. The predicted molar refractivity (Wildman–Crippen MR) is 236 cm³/mol. The number of hydrogen-bond donors (Lipinski definition) is 7. The van der Waals surface area contributed by atoms with Crippen molar-refractivity contribution in [2.45, 2.75) is 95.3 Å². The molecular formula is C33H48N7O19P3S3. The molecule has 32 heteroatoms. The first-order valence-corrected chi connectivity index (χ1v) is 27.4. The first-order chi connectivity index (χ1) is 30.4. The Hall–Kier alpha value is -2.60. The van der Waals surface area contributed by atoms with Crippen molar-refractivity contribution in [1.29, 1.82) is 0 Å². The number of rotatable bonds is 20. The summed E-state index contributed by atoms with van der Waals surface area (Å²) in [5.41, 5.74) is 3.13. The molecule has 0 spiro atoms. The SMILES string of the molecule is COCCO[C@H]1C(OP(O)(=S)OC[C@H]2O[C@@H](n3cc(C)c(=O)[nH]c3=O)C[C@H]2OP(=O)(S)OC[C@@H]2CC[C@@H](n3cc(C)c(=O)[nH]c3=O)O2)[C@@H](COP(O)(O)=S)O[C@H]1n1cc(C)c(N)nc1=O. The molecule has 3 aliphatic rings. The van der Waals surface area contributed by atoms with Crippen LogP contribution in [0.4, 0.5) is 5.82 Å². The summed E-state index contributed by atoms with van der Waals surface area (Å²) in [6.07, 6.45) is -6.15. The summed E-state index contributed by atoms with van der Waals surface area (Å²) in [7, 11) is 1.41. The van der Waals surface area contributed by atoms with Crippen molar-refractivity contribution in [3.8, 4) is 0 Å². The summed E-state index contributed by atoms with van der Waals surface area (Å²) in [5, 5.41) is 0. The molecule has 0 aromatic carbocycles. The molecule has 7 N–H and O–H groups in total. The summed E-state index contributed by atoms with van der Waals surface area (Å²) in [4.78, 5) is 102. The third-order valence-electron chi connectivity index (χ3n) is 10.3. The Balaban J connectivity index is 1.20. The van der Waals surface area contributed by atoms with E-state index in [0.717, 1.165) is 9.13 Å². The summed E-state index contributed by atoms with van der Waals surface area (Å²) in [6.45, 7) is -10.2. The van der Waals surface area contributed by atoms with Crippen molar-refractivity contribution in [2.24, 2.45) is 0 Å². The second kappa shape index (κ2) is 21.4. The number of anilines is 1. The van der Waals surface area contributed by atoms with Gasteiger partial charge in [-0.3, -0.25) is 46.8 Å². The van der Waals surface area contributed by atoms with Crippen LogP contribution >= 0.6 is 32.5 Å². The molecule has 65 heavy (non-hydrogen) atoms. The van der Waals surface area contributed by atoms with E-state index in [1.165, 1.54) is 44.1 Å². The van der Waals surface area contributed by atoms with Gasteiger partial charge in [0.1, 0.15) is 48.8 Å². The second-order valence-corrected chi connectivity index (χ2v) is 23.4. The minimum Gasteiger partial charge on any atom is -0.383 e. The Labute approximate surface area is 383 Å². The molecule has 3 aromatic heterocycles. The van der Waals surface area contributed by atoms with Crippen molar-refractivity contribution < 1.29 is 65.5 Å². The van der Waals surface area contributed by atoms with Crippen molar-refractivity contribution in [2.75, 3.05) is 45.9 Å². The van der Waals surface area contributed by atoms with Gasteiger partial charge in [-0.15, -0.1) is 0 Å². The highest BCUT2D eigenvalue weighted by Crippen LogP contribution is 2.57. The van der Waals surface area contributed by atoms with Crippen LogP contribution in [-0.2, 0) is 74.5 Å². The monoisotopic (exact) mass is 1040 g/mol. The minimum atomic E-state index is -4.49. The summed E-state index contributed by atoms with van der Waals surface area (Å²) >= 11 is 14.2. The zero-order chi connectivity index (χ0) is 47.6. The predicted octanol–water partition coefficient (Wildman–Crippen LogP) is 0.0293. The Kier molecular flexibility index (Phi) is 17.0. The van der Waals surface area contributed by atoms with Gasteiger partial charge in [0.05, 0.1) is 39.1 Å². The maximum atomic E-state index is 13.8. The molecule has 3 aromatic rings. The Morgan fingerprint density at radius 1 is 0.800 bits per heavy atom. The van der Waals surface area contributed by atoms with E-state index < -0.39 is 117 Å². The highest BCUT2D eigenvalue weighted by molar-refractivity contribution is 8.44. The molecule has 0 aliphatic carbocycles.